The van der Waals surface area contributed by atoms with Crippen molar-refractivity contribution in [3.05, 3.63) is 59.1 Å². The summed E-state index contributed by atoms with van der Waals surface area (Å²) in [7, 11) is 0. The second kappa shape index (κ2) is 11.1. The summed E-state index contributed by atoms with van der Waals surface area (Å²) in [6.07, 6.45) is 2.01. The van der Waals surface area contributed by atoms with Gasteiger partial charge < -0.3 is 19.9 Å². The summed E-state index contributed by atoms with van der Waals surface area (Å²) in [6, 6.07) is 11.7. The molecule has 2 aromatic rings. The van der Waals surface area contributed by atoms with Crippen LogP contribution in [-0.2, 0) is 16.1 Å². The van der Waals surface area contributed by atoms with Gasteiger partial charge >= 0.3 is 6.09 Å². The molecule has 1 aromatic carbocycles. The molecule has 40 heavy (non-hydrogen) atoms. The fraction of sp³-hybridized carbons (Fsp3) is 0.548. The number of fused-ring (bicyclic) bond motifs is 1. The maximum Gasteiger partial charge on any atom is 0.410 e. The number of piperazine rings is 1. The van der Waals surface area contributed by atoms with E-state index < -0.39 is 5.60 Å². The molecule has 0 unspecified atom stereocenters. The molecule has 1 aromatic heterocycles. The van der Waals surface area contributed by atoms with Crippen LogP contribution in [0.15, 0.2) is 36.4 Å². The predicted octanol–water partition coefficient (Wildman–Crippen LogP) is 5.62. The van der Waals surface area contributed by atoms with Crippen molar-refractivity contribution in [2.24, 2.45) is 11.8 Å². The molecular formula is C31H40N6O3. The standard InChI is InChI=1S/C31H40N6O3/c1-20-28(25-18-23(32-6)12-13-26(25)37(21(2)38)29(20)22-10-11-22)34-27-9-7-8-24(33-27)19-35-14-16-36(17-15-35)30(39)40-31(3,4)5/h7-9,12-13,18,20,22,28-29H,10-11,14-17,19H2,1-5H3,(H,33,34)/t20-,28-,29-/m1/s1. The number of ether oxygens (including phenoxy) is 1. The summed E-state index contributed by atoms with van der Waals surface area (Å²) < 4.78 is 5.52. The molecule has 9 heteroatoms. The quantitative estimate of drug-likeness (QED) is 0.492. The van der Waals surface area contributed by atoms with Crippen molar-refractivity contribution >= 4 is 29.2 Å². The molecule has 1 saturated heterocycles. The zero-order valence-corrected chi connectivity index (χ0v) is 24.2. The Hall–Kier alpha value is -3.64. The minimum absolute atomic E-state index is 0.0471. The van der Waals surface area contributed by atoms with Crippen LogP contribution in [0.25, 0.3) is 4.85 Å². The lowest BCUT2D eigenvalue weighted by atomic mass is 9.79. The number of nitrogens with zero attached hydrogens (tertiary/aromatic N) is 5. The third-order valence-electron chi connectivity index (χ3n) is 8.06. The molecule has 0 bridgehead atoms. The maximum atomic E-state index is 12.8. The number of carbonyl (C=O) groups excluding carboxylic acids is 2. The number of carbonyl (C=O) groups is 2. The van der Waals surface area contributed by atoms with Gasteiger partial charge in [0, 0.05) is 57.3 Å². The SMILES string of the molecule is [C-]#[N+]c1ccc2c(c1)[C@H](Nc1cccc(CN3CCN(C(=O)OC(C)(C)C)CC3)n1)[C@@H](C)[C@H](C1CC1)N2C(C)=O. The van der Waals surface area contributed by atoms with Gasteiger partial charge in [-0.15, -0.1) is 0 Å². The Labute approximate surface area is 237 Å². The maximum absolute atomic E-state index is 12.8. The third kappa shape index (κ3) is 6.07. The number of rotatable bonds is 5. The largest absolute Gasteiger partial charge is 0.444 e. The first-order valence-corrected chi connectivity index (χ1v) is 14.3. The number of anilines is 2. The first-order chi connectivity index (χ1) is 19.0. The Bertz CT molecular complexity index is 1300. The van der Waals surface area contributed by atoms with E-state index in [4.69, 9.17) is 16.3 Å². The van der Waals surface area contributed by atoms with Crippen molar-refractivity contribution in [1.29, 1.82) is 0 Å². The van der Waals surface area contributed by atoms with Crippen molar-refractivity contribution < 1.29 is 14.3 Å². The highest BCUT2D eigenvalue weighted by atomic mass is 16.6. The number of aromatic nitrogens is 1. The molecule has 2 amide bonds. The van der Waals surface area contributed by atoms with Crippen molar-refractivity contribution in [3.8, 4) is 0 Å². The molecule has 1 saturated carbocycles. The molecule has 212 valence electrons. The highest BCUT2D eigenvalue weighted by molar-refractivity contribution is 5.94. The first kappa shape index (κ1) is 27.9. The lowest BCUT2D eigenvalue weighted by Gasteiger charge is -2.46. The summed E-state index contributed by atoms with van der Waals surface area (Å²) in [6.45, 7) is 20.5. The number of amides is 2. The fourth-order valence-electron chi connectivity index (χ4n) is 6.07. The number of pyridine rings is 1. The summed E-state index contributed by atoms with van der Waals surface area (Å²) in [4.78, 5) is 39.9. The average molecular weight is 545 g/mol. The van der Waals surface area contributed by atoms with E-state index in [1.54, 1.807) is 17.9 Å². The van der Waals surface area contributed by atoms with Gasteiger partial charge in [-0.05, 0) is 69.4 Å². The lowest BCUT2D eigenvalue weighted by molar-refractivity contribution is -0.117. The van der Waals surface area contributed by atoms with Gasteiger partial charge in [0.25, 0.3) is 0 Å². The van der Waals surface area contributed by atoms with E-state index in [-0.39, 0.29) is 30.0 Å². The van der Waals surface area contributed by atoms with Gasteiger partial charge in [0.15, 0.2) is 5.69 Å². The molecule has 1 aliphatic carbocycles. The van der Waals surface area contributed by atoms with Crippen LogP contribution in [0.2, 0.25) is 0 Å². The molecule has 3 heterocycles. The number of hydrogen-bond acceptors (Lipinski definition) is 6. The Balaban J connectivity index is 1.31. The van der Waals surface area contributed by atoms with Crippen LogP contribution >= 0.6 is 0 Å². The van der Waals surface area contributed by atoms with Crippen LogP contribution < -0.4 is 10.2 Å². The number of nitrogens with one attached hydrogen (secondary N) is 1. The van der Waals surface area contributed by atoms with E-state index in [9.17, 15) is 9.59 Å². The second-order valence-electron chi connectivity index (χ2n) is 12.3. The fourth-order valence-corrected chi connectivity index (χ4v) is 6.07. The van der Waals surface area contributed by atoms with Gasteiger partial charge in [0.2, 0.25) is 5.91 Å². The molecule has 2 fully saturated rings. The van der Waals surface area contributed by atoms with Gasteiger partial charge in [-0.1, -0.05) is 19.1 Å². The highest BCUT2D eigenvalue weighted by Crippen LogP contribution is 2.50. The third-order valence-corrected chi connectivity index (χ3v) is 8.06. The van der Waals surface area contributed by atoms with Gasteiger partial charge in [-0.3, -0.25) is 9.69 Å². The summed E-state index contributed by atoms with van der Waals surface area (Å²) >= 11 is 0. The highest BCUT2D eigenvalue weighted by Gasteiger charge is 2.47. The Kier molecular flexibility index (Phi) is 7.74. The monoisotopic (exact) mass is 544 g/mol. The summed E-state index contributed by atoms with van der Waals surface area (Å²) in [5.74, 6) is 1.48. The van der Waals surface area contributed by atoms with Crippen LogP contribution in [0.1, 0.15) is 64.8 Å². The normalized spacial score (nSPS) is 23.2. The second-order valence-corrected chi connectivity index (χ2v) is 12.3. The Morgan fingerprint density at radius 2 is 1.85 bits per heavy atom. The average Bonchev–Trinajstić information content (AvgIpc) is 3.74. The van der Waals surface area contributed by atoms with Crippen LogP contribution in [0, 0.1) is 18.4 Å². The molecule has 0 spiro atoms. The van der Waals surface area contributed by atoms with Crippen molar-refractivity contribution in [1.82, 2.24) is 14.8 Å². The van der Waals surface area contributed by atoms with E-state index in [1.807, 2.05) is 56.0 Å². The van der Waals surface area contributed by atoms with Crippen molar-refractivity contribution in [2.75, 3.05) is 36.4 Å². The van der Waals surface area contributed by atoms with E-state index in [2.05, 4.69) is 22.0 Å². The van der Waals surface area contributed by atoms with E-state index in [0.29, 0.717) is 31.2 Å². The zero-order chi connectivity index (χ0) is 28.6. The molecule has 0 radical (unpaired) electrons. The van der Waals surface area contributed by atoms with Gasteiger partial charge in [0.1, 0.15) is 11.4 Å². The summed E-state index contributed by atoms with van der Waals surface area (Å²) in [5, 5.41) is 3.69. The minimum Gasteiger partial charge on any atom is -0.444 e. The van der Waals surface area contributed by atoms with E-state index in [1.165, 1.54) is 0 Å². The molecule has 3 aliphatic rings. The van der Waals surface area contributed by atoms with Gasteiger partial charge in [-0.2, -0.15) is 0 Å². The zero-order valence-electron chi connectivity index (χ0n) is 24.2. The Morgan fingerprint density at radius 3 is 2.48 bits per heavy atom. The molecule has 2 aliphatic heterocycles. The number of hydrogen-bond donors (Lipinski definition) is 1. The van der Waals surface area contributed by atoms with Crippen molar-refractivity contribution in [3.63, 3.8) is 0 Å². The topological polar surface area (TPSA) is 82.4 Å². The Morgan fingerprint density at radius 1 is 1.12 bits per heavy atom. The molecule has 3 atom stereocenters. The molecular weight excluding hydrogens is 504 g/mol. The van der Waals surface area contributed by atoms with E-state index in [0.717, 1.165) is 48.7 Å². The van der Waals surface area contributed by atoms with E-state index >= 15 is 0 Å². The van der Waals surface area contributed by atoms with Crippen LogP contribution in [0.4, 0.5) is 22.0 Å². The van der Waals surface area contributed by atoms with Crippen LogP contribution in [0.5, 0.6) is 0 Å². The predicted molar refractivity (Wildman–Crippen MR) is 155 cm³/mol. The molecule has 1 N–H and O–H groups in total. The van der Waals surface area contributed by atoms with Gasteiger partial charge in [0.05, 0.1) is 18.3 Å². The molecule has 5 rings (SSSR count). The van der Waals surface area contributed by atoms with Gasteiger partial charge in [-0.25, -0.2) is 14.6 Å². The van der Waals surface area contributed by atoms with Crippen molar-refractivity contribution in [2.45, 2.75) is 71.7 Å². The van der Waals surface area contributed by atoms with Crippen LogP contribution in [-0.4, -0.2) is 64.6 Å². The van der Waals surface area contributed by atoms with Crippen LogP contribution in [0.3, 0.4) is 0 Å². The summed E-state index contributed by atoms with van der Waals surface area (Å²) in [5.41, 5.74) is 2.89. The first-order valence-electron chi connectivity index (χ1n) is 14.3. The molecule has 9 nitrogen and oxygen atoms in total. The minimum atomic E-state index is -0.498. The smallest absolute Gasteiger partial charge is 0.410 e. The lowest BCUT2D eigenvalue weighted by Crippen LogP contribution is -2.51. The number of benzene rings is 1.